The third-order valence-corrected chi connectivity index (χ3v) is 6.28. The first-order chi connectivity index (χ1) is 16.8. The van der Waals surface area contributed by atoms with Gasteiger partial charge < -0.3 is 19.9 Å². The van der Waals surface area contributed by atoms with E-state index in [0.29, 0.717) is 39.5 Å². The van der Waals surface area contributed by atoms with Gasteiger partial charge in [-0.3, -0.25) is 9.59 Å². The quantitative estimate of drug-likeness (QED) is 0.277. The molecule has 0 saturated heterocycles. The van der Waals surface area contributed by atoms with E-state index >= 15 is 0 Å². The number of nitrogens with zero attached hydrogens (tertiary/aromatic N) is 3. The van der Waals surface area contributed by atoms with Crippen LogP contribution in [0.3, 0.4) is 0 Å². The van der Waals surface area contributed by atoms with Crippen LogP contribution < -0.4 is 15.4 Å². The maximum atomic E-state index is 12.9. The van der Waals surface area contributed by atoms with Crippen LogP contribution in [0.15, 0.2) is 66.3 Å². The lowest BCUT2D eigenvalue weighted by Crippen LogP contribution is -2.33. The van der Waals surface area contributed by atoms with Gasteiger partial charge >= 0.3 is 0 Å². The number of nitrogens with one attached hydrogen (secondary N) is 2. The Labute approximate surface area is 214 Å². The average Bonchev–Trinajstić information content (AvgIpc) is 3.23. The molecule has 0 unspecified atom stereocenters. The fraction of sp³-hybridized carbons (Fsp3) is 0.280. The maximum absolute atomic E-state index is 12.9. The van der Waals surface area contributed by atoms with Crippen molar-refractivity contribution in [3.05, 3.63) is 77.6 Å². The number of hydrogen-bond donors (Lipinski definition) is 2. The lowest BCUT2D eigenvalue weighted by molar-refractivity contribution is -0.113. The smallest absolute Gasteiger partial charge is 0.251 e. The van der Waals surface area contributed by atoms with E-state index in [9.17, 15) is 9.59 Å². The molecule has 184 valence electrons. The van der Waals surface area contributed by atoms with Crippen molar-refractivity contribution >= 4 is 40.9 Å². The molecule has 2 N–H and O–H groups in total. The van der Waals surface area contributed by atoms with Gasteiger partial charge in [0.2, 0.25) is 5.91 Å². The molecule has 8 nitrogen and oxygen atoms in total. The lowest BCUT2D eigenvalue weighted by atomic mass is 10.0. The summed E-state index contributed by atoms with van der Waals surface area (Å²) in [6.07, 6.45) is 1.73. The summed E-state index contributed by atoms with van der Waals surface area (Å²) < 4.78 is 7.03. The molecule has 0 radical (unpaired) electrons. The van der Waals surface area contributed by atoms with E-state index in [4.69, 9.17) is 16.3 Å². The third kappa shape index (κ3) is 7.10. The van der Waals surface area contributed by atoms with Gasteiger partial charge in [-0.15, -0.1) is 16.8 Å². The molecule has 3 rings (SSSR count). The zero-order valence-corrected chi connectivity index (χ0v) is 21.4. The number of rotatable bonds is 11. The first kappa shape index (κ1) is 26.3. The molecule has 0 bridgehead atoms. The van der Waals surface area contributed by atoms with Crippen molar-refractivity contribution in [1.82, 2.24) is 20.1 Å². The molecule has 3 aromatic rings. The minimum absolute atomic E-state index is 0.0361. The van der Waals surface area contributed by atoms with Crippen LogP contribution in [0.5, 0.6) is 5.75 Å². The summed E-state index contributed by atoms with van der Waals surface area (Å²) >= 11 is 7.24. The molecule has 10 heteroatoms. The fourth-order valence-corrected chi connectivity index (χ4v) is 4.27. The first-order valence-corrected chi connectivity index (χ1v) is 12.4. The molecule has 1 heterocycles. The van der Waals surface area contributed by atoms with Crippen LogP contribution in [0.2, 0.25) is 5.02 Å². The molecule has 2 aromatic carbocycles. The number of allylic oxidation sites excluding steroid dienone is 1. The van der Waals surface area contributed by atoms with Crippen LogP contribution in [0, 0.1) is 5.92 Å². The Morgan fingerprint density at radius 2 is 1.94 bits per heavy atom. The predicted molar refractivity (Wildman–Crippen MR) is 139 cm³/mol. The van der Waals surface area contributed by atoms with Gasteiger partial charge in [-0.25, -0.2) is 0 Å². The SMILES string of the molecule is C=CCn1c(SCC(=O)Nc2cccc(Cl)c2)nnc1[C@@H](NC(=O)c1ccc(OC)cc1)C(C)C. The van der Waals surface area contributed by atoms with Gasteiger partial charge in [0.15, 0.2) is 11.0 Å². The molecule has 0 aliphatic heterocycles. The van der Waals surface area contributed by atoms with E-state index in [1.807, 2.05) is 18.4 Å². The Morgan fingerprint density at radius 1 is 1.20 bits per heavy atom. The number of methoxy groups -OCH3 is 1. The highest BCUT2D eigenvalue weighted by atomic mass is 35.5. The Kier molecular flexibility index (Phi) is 9.33. The highest BCUT2D eigenvalue weighted by Crippen LogP contribution is 2.26. The second-order valence-electron chi connectivity index (χ2n) is 8.01. The number of ether oxygens (including phenoxy) is 1. The number of carbonyl (C=O) groups excluding carboxylic acids is 2. The maximum Gasteiger partial charge on any atom is 0.251 e. The van der Waals surface area contributed by atoms with Gasteiger partial charge in [0.1, 0.15) is 5.75 Å². The van der Waals surface area contributed by atoms with Crippen molar-refractivity contribution in [3.63, 3.8) is 0 Å². The Hall–Kier alpha value is -3.30. The number of benzene rings is 2. The zero-order chi connectivity index (χ0) is 25.4. The molecule has 1 atom stereocenters. The lowest BCUT2D eigenvalue weighted by Gasteiger charge is -2.22. The van der Waals surface area contributed by atoms with Crippen molar-refractivity contribution in [3.8, 4) is 5.75 Å². The van der Waals surface area contributed by atoms with Crippen LogP contribution in [-0.4, -0.2) is 39.4 Å². The largest absolute Gasteiger partial charge is 0.497 e. The second kappa shape index (κ2) is 12.4. The standard InChI is InChI=1S/C25H28ClN5O3S/c1-5-13-31-23(22(16(2)3)28-24(33)17-9-11-20(34-4)12-10-17)29-30-25(31)35-15-21(32)27-19-8-6-7-18(26)14-19/h5-12,14,16,22H,1,13,15H2,2-4H3,(H,27,32)(H,28,33)/t22-/m0/s1. The average molecular weight is 514 g/mol. The number of halogens is 1. The summed E-state index contributed by atoms with van der Waals surface area (Å²) in [5.41, 5.74) is 1.14. The molecular formula is C25H28ClN5O3S. The van der Waals surface area contributed by atoms with Crippen LogP contribution >= 0.6 is 23.4 Å². The fourth-order valence-electron chi connectivity index (χ4n) is 3.33. The number of hydrogen-bond acceptors (Lipinski definition) is 6. The van der Waals surface area contributed by atoms with E-state index in [1.165, 1.54) is 11.8 Å². The normalized spacial score (nSPS) is 11.7. The van der Waals surface area contributed by atoms with Gasteiger partial charge in [-0.1, -0.05) is 49.4 Å². The van der Waals surface area contributed by atoms with E-state index in [1.54, 1.807) is 61.7 Å². The summed E-state index contributed by atoms with van der Waals surface area (Å²) in [7, 11) is 1.58. The van der Waals surface area contributed by atoms with E-state index < -0.39 is 6.04 Å². The predicted octanol–water partition coefficient (Wildman–Crippen LogP) is 4.98. The number of amides is 2. The number of carbonyl (C=O) groups is 2. The summed E-state index contributed by atoms with van der Waals surface area (Å²) in [6.45, 7) is 8.26. The molecule has 35 heavy (non-hydrogen) atoms. The molecule has 0 saturated carbocycles. The molecule has 0 aliphatic carbocycles. The summed E-state index contributed by atoms with van der Waals surface area (Å²) in [4.78, 5) is 25.4. The monoisotopic (exact) mass is 513 g/mol. The summed E-state index contributed by atoms with van der Waals surface area (Å²) in [6, 6.07) is 13.5. The van der Waals surface area contributed by atoms with Crippen LogP contribution in [0.25, 0.3) is 0 Å². The Bertz CT molecular complexity index is 1180. The summed E-state index contributed by atoms with van der Waals surface area (Å²) in [5.74, 6) is 1.02. The molecule has 2 amide bonds. The van der Waals surface area contributed by atoms with Gasteiger partial charge in [-0.2, -0.15) is 0 Å². The van der Waals surface area contributed by atoms with Gasteiger partial charge in [0.05, 0.1) is 18.9 Å². The van der Waals surface area contributed by atoms with E-state index in [0.717, 1.165) is 0 Å². The second-order valence-corrected chi connectivity index (χ2v) is 9.39. The van der Waals surface area contributed by atoms with E-state index in [-0.39, 0.29) is 23.5 Å². The minimum atomic E-state index is -0.397. The van der Waals surface area contributed by atoms with Crippen molar-refractivity contribution < 1.29 is 14.3 Å². The molecular weight excluding hydrogens is 486 g/mol. The Morgan fingerprint density at radius 3 is 2.57 bits per heavy atom. The number of anilines is 1. The third-order valence-electron chi connectivity index (χ3n) is 5.08. The van der Waals surface area contributed by atoms with E-state index in [2.05, 4.69) is 27.4 Å². The first-order valence-electron chi connectivity index (χ1n) is 11.0. The molecule has 1 aromatic heterocycles. The highest BCUT2D eigenvalue weighted by molar-refractivity contribution is 7.99. The topological polar surface area (TPSA) is 98.1 Å². The highest BCUT2D eigenvalue weighted by Gasteiger charge is 2.26. The number of thioether (sulfide) groups is 1. The number of aromatic nitrogens is 3. The van der Waals surface area contributed by atoms with Gasteiger partial charge in [-0.05, 0) is 48.4 Å². The summed E-state index contributed by atoms with van der Waals surface area (Å²) in [5, 5.41) is 15.6. The molecule has 0 aliphatic rings. The van der Waals surface area contributed by atoms with Crippen molar-refractivity contribution in [1.29, 1.82) is 0 Å². The zero-order valence-electron chi connectivity index (χ0n) is 19.8. The van der Waals surface area contributed by atoms with Crippen LogP contribution in [0.4, 0.5) is 5.69 Å². The minimum Gasteiger partial charge on any atom is -0.497 e. The van der Waals surface area contributed by atoms with Crippen molar-refractivity contribution in [2.75, 3.05) is 18.2 Å². The molecule has 0 fully saturated rings. The molecule has 0 spiro atoms. The van der Waals surface area contributed by atoms with Crippen molar-refractivity contribution in [2.45, 2.75) is 31.6 Å². The van der Waals surface area contributed by atoms with Crippen molar-refractivity contribution in [2.24, 2.45) is 5.92 Å². The van der Waals surface area contributed by atoms with Crippen LogP contribution in [0.1, 0.15) is 36.1 Å². The van der Waals surface area contributed by atoms with Gasteiger partial charge in [0, 0.05) is 22.8 Å². The van der Waals surface area contributed by atoms with Crippen LogP contribution in [-0.2, 0) is 11.3 Å². The Balaban J connectivity index is 1.74. The van der Waals surface area contributed by atoms with Gasteiger partial charge in [0.25, 0.3) is 5.91 Å².